The summed E-state index contributed by atoms with van der Waals surface area (Å²) in [7, 11) is 0. The van der Waals surface area contributed by atoms with Crippen LogP contribution in [0.25, 0.3) is 5.82 Å². The molecule has 5 rings (SSSR count). The van der Waals surface area contributed by atoms with Crippen molar-refractivity contribution in [1.29, 1.82) is 0 Å². The van der Waals surface area contributed by atoms with E-state index in [0.717, 1.165) is 28.6 Å². The van der Waals surface area contributed by atoms with Crippen LogP contribution in [-0.2, 0) is 0 Å². The third-order valence-corrected chi connectivity index (χ3v) is 6.61. The van der Waals surface area contributed by atoms with Gasteiger partial charge in [0, 0.05) is 29.5 Å². The number of nitrogens with zero attached hydrogens (tertiary/aromatic N) is 4. The van der Waals surface area contributed by atoms with E-state index in [1.807, 2.05) is 30.6 Å². The number of thiocarbonyl (C=S) groups is 1. The maximum atomic E-state index is 5.88. The minimum atomic E-state index is -0.0707. The van der Waals surface area contributed by atoms with Crippen molar-refractivity contribution in [3.8, 4) is 5.82 Å². The van der Waals surface area contributed by atoms with Crippen LogP contribution in [-0.4, -0.2) is 19.6 Å². The van der Waals surface area contributed by atoms with Crippen LogP contribution in [0.15, 0.2) is 73.1 Å². The monoisotopic (exact) mass is 453 g/mol. The van der Waals surface area contributed by atoms with Gasteiger partial charge >= 0.3 is 0 Å². The van der Waals surface area contributed by atoms with Crippen molar-refractivity contribution in [2.24, 2.45) is 0 Å². The van der Waals surface area contributed by atoms with Crippen LogP contribution < -0.4 is 10.2 Å². The lowest BCUT2D eigenvalue weighted by Crippen LogP contribution is -2.29. The number of nitrogens with one attached hydrogen (secondary N) is 1. The van der Waals surface area contributed by atoms with Gasteiger partial charge in [-0.05, 0) is 99.1 Å². The zero-order valence-corrected chi connectivity index (χ0v) is 20.1. The molecule has 1 fully saturated rings. The summed E-state index contributed by atoms with van der Waals surface area (Å²) in [5.41, 5.74) is 7.94. The Morgan fingerprint density at radius 1 is 0.848 bits per heavy atom. The van der Waals surface area contributed by atoms with Crippen LogP contribution in [0.3, 0.4) is 0 Å². The van der Waals surface area contributed by atoms with Gasteiger partial charge in [0.15, 0.2) is 5.11 Å². The first-order chi connectivity index (χ1) is 15.9. The number of pyridine rings is 2. The zero-order valence-electron chi connectivity index (χ0n) is 19.3. The molecule has 4 heterocycles. The molecule has 33 heavy (non-hydrogen) atoms. The Balaban J connectivity index is 1.69. The molecule has 1 aliphatic rings. The molecule has 4 aromatic rings. The highest BCUT2D eigenvalue weighted by atomic mass is 32.1. The lowest BCUT2D eigenvalue weighted by atomic mass is 9.96. The van der Waals surface area contributed by atoms with Gasteiger partial charge in [-0.1, -0.05) is 18.2 Å². The lowest BCUT2D eigenvalue weighted by Gasteiger charge is -2.28. The van der Waals surface area contributed by atoms with Gasteiger partial charge in [-0.15, -0.1) is 0 Å². The van der Waals surface area contributed by atoms with E-state index in [2.05, 4.69) is 94.9 Å². The number of benzene rings is 1. The molecule has 0 unspecified atom stereocenters. The molecule has 6 heteroatoms. The molecular formula is C27H27N5S. The molecule has 5 nitrogen and oxygen atoms in total. The smallest absolute Gasteiger partial charge is 0.174 e. The highest BCUT2D eigenvalue weighted by molar-refractivity contribution is 7.80. The number of aromatic nitrogens is 3. The van der Waals surface area contributed by atoms with Gasteiger partial charge in [-0.3, -0.25) is 4.98 Å². The molecule has 0 spiro atoms. The summed E-state index contributed by atoms with van der Waals surface area (Å²) < 4.78 is 2.23. The standard InChI is InChI=1S/C27H27N5S/c1-17-8-7-9-21(14-17)32-26(25(30-27(32)33)23-10-5-6-12-28-23)22-16-19(3)31(20(22)4)24-15-18(2)11-13-29-24/h5-16,25-26H,1-4H3,(H,30,33)/t25-,26-/m0/s1. The maximum absolute atomic E-state index is 5.88. The topological polar surface area (TPSA) is 46.0 Å². The summed E-state index contributed by atoms with van der Waals surface area (Å²) in [5.74, 6) is 0.932. The molecule has 0 saturated carbocycles. The molecule has 1 N–H and O–H groups in total. The fourth-order valence-electron chi connectivity index (χ4n) is 4.81. The van der Waals surface area contributed by atoms with Gasteiger partial charge in [0.25, 0.3) is 0 Å². The van der Waals surface area contributed by atoms with Crippen molar-refractivity contribution in [2.45, 2.75) is 39.8 Å². The van der Waals surface area contributed by atoms with Crippen molar-refractivity contribution in [3.05, 3.63) is 107 Å². The van der Waals surface area contributed by atoms with Crippen molar-refractivity contribution in [3.63, 3.8) is 0 Å². The van der Waals surface area contributed by atoms with Crippen LogP contribution in [0.2, 0.25) is 0 Å². The van der Waals surface area contributed by atoms with E-state index in [4.69, 9.17) is 12.2 Å². The van der Waals surface area contributed by atoms with Gasteiger partial charge in [-0.2, -0.15) is 0 Å². The van der Waals surface area contributed by atoms with E-state index in [1.54, 1.807) is 0 Å². The molecule has 166 valence electrons. The largest absolute Gasteiger partial charge is 0.351 e. The quantitative estimate of drug-likeness (QED) is 0.403. The normalized spacial score (nSPS) is 17.9. The Kier molecular flexibility index (Phi) is 5.46. The molecule has 1 saturated heterocycles. The number of aryl methyl sites for hydroxylation is 3. The zero-order chi connectivity index (χ0) is 23.1. The summed E-state index contributed by atoms with van der Waals surface area (Å²) in [6.07, 6.45) is 3.71. The average molecular weight is 454 g/mol. The Morgan fingerprint density at radius 3 is 2.39 bits per heavy atom. The Morgan fingerprint density at radius 2 is 1.67 bits per heavy atom. The first-order valence-corrected chi connectivity index (χ1v) is 11.5. The van der Waals surface area contributed by atoms with Crippen molar-refractivity contribution in [1.82, 2.24) is 19.9 Å². The van der Waals surface area contributed by atoms with E-state index in [0.29, 0.717) is 5.11 Å². The van der Waals surface area contributed by atoms with Crippen LogP contribution in [0.1, 0.15) is 45.9 Å². The summed E-state index contributed by atoms with van der Waals surface area (Å²) in [6, 6.07) is 20.8. The third kappa shape index (κ3) is 3.80. The number of hydrogen-bond acceptors (Lipinski definition) is 3. The van der Waals surface area contributed by atoms with E-state index in [9.17, 15) is 0 Å². The molecule has 2 atom stereocenters. The minimum absolute atomic E-state index is 0.0426. The third-order valence-electron chi connectivity index (χ3n) is 6.30. The molecule has 0 bridgehead atoms. The van der Waals surface area contributed by atoms with Gasteiger partial charge in [-0.25, -0.2) is 4.98 Å². The summed E-state index contributed by atoms with van der Waals surface area (Å²) in [5, 5.41) is 4.27. The second-order valence-electron chi connectivity index (χ2n) is 8.69. The number of hydrogen-bond donors (Lipinski definition) is 1. The van der Waals surface area contributed by atoms with E-state index >= 15 is 0 Å². The average Bonchev–Trinajstić information content (AvgIpc) is 3.29. The highest BCUT2D eigenvalue weighted by Crippen LogP contribution is 2.43. The molecule has 0 amide bonds. The fourth-order valence-corrected chi connectivity index (χ4v) is 5.15. The molecule has 0 aliphatic carbocycles. The van der Waals surface area contributed by atoms with E-state index < -0.39 is 0 Å². The van der Waals surface area contributed by atoms with Crippen molar-refractivity contribution < 1.29 is 0 Å². The van der Waals surface area contributed by atoms with Gasteiger partial charge in [0.1, 0.15) is 5.82 Å². The van der Waals surface area contributed by atoms with Crippen LogP contribution in [0.4, 0.5) is 5.69 Å². The fraction of sp³-hybridized carbons (Fsp3) is 0.222. The first-order valence-electron chi connectivity index (χ1n) is 11.1. The molecule has 1 aromatic carbocycles. The Bertz CT molecular complexity index is 1330. The molecule has 1 aliphatic heterocycles. The maximum Gasteiger partial charge on any atom is 0.174 e. The predicted molar refractivity (Wildman–Crippen MR) is 137 cm³/mol. The van der Waals surface area contributed by atoms with E-state index in [-0.39, 0.29) is 12.1 Å². The highest BCUT2D eigenvalue weighted by Gasteiger charge is 2.42. The molecule has 0 radical (unpaired) electrons. The minimum Gasteiger partial charge on any atom is -0.351 e. The SMILES string of the molecule is Cc1cccc(N2C(=S)N[C@@H](c3ccccn3)[C@@H]2c2cc(C)n(-c3cc(C)ccn3)c2C)c1. The second-order valence-corrected chi connectivity index (χ2v) is 9.08. The summed E-state index contributed by atoms with van der Waals surface area (Å²) in [6.45, 7) is 8.50. The molecular weight excluding hydrogens is 426 g/mol. The first kappa shape index (κ1) is 21.3. The van der Waals surface area contributed by atoms with Crippen molar-refractivity contribution in [2.75, 3.05) is 4.90 Å². The number of anilines is 1. The predicted octanol–water partition coefficient (Wildman–Crippen LogP) is 5.68. The van der Waals surface area contributed by atoms with Crippen molar-refractivity contribution >= 4 is 23.0 Å². The van der Waals surface area contributed by atoms with Gasteiger partial charge < -0.3 is 14.8 Å². The van der Waals surface area contributed by atoms with Crippen LogP contribution in [0, 0.1) is 27.7 Å². The van der Waals surface area contributed by atoms with Crippen LogP contribution in [0.5, 0.6) is 0 Å². The number of rotatable bonds is 4. The second kappa shape index (κ2) is 8.45. The Labute approximate surface area is 200 Å². The lowest BCUT2D eigenvalue weighted by molar-refractivity contribution is 0.565. The van der Waals surface area contributed by atoms with E-state index in [1.165, 1.54) is 16.7 Å². The summed E-state index contributed by atoms with van der Waals surface area (Å²) in [4.78, 5) is 11.6. The van der Waals surface area contributed by atoms with Gasteiger partial charge in [0.05, 0.1) is 17.8 Å². The Hall–Kier alpha value is -3.51. The van der Waals surface area contributed by atoms with Gasteiger partial charge in [0.2, 0.25) is 0 Å². The molecule has 3 aromatic heterocycles. The summed E-state index contributed by atoms with van der Waals surface area (Å²) >= 11 is 5.88. The van der Waals surface area contributed by atoms with Crippen LogP contribution >= 0.6 is 12.2 Å².